The minimum absolute atomic E-state index is 0.0279. The van der Waals surface area contributed by atoms with Gasteiger partial charge in [-0.2, -0.15) is 13.2 Å². The highest BCUT2D eigenvalue weighted by atomic mass is 19.4. The monoisotopic (exact) mass is 431 g/mol. The Bertz CT molecular complexity index is 1080. The molecule has 0 aromatic heterocycles. The number of aliphatic hydroxyl groups is 1. The van der Waals surface area contributed by atoms with Crippen LogP contribution in [0.2, 0.25) is 0 Å². The Kier molecular flexibility index (Phi) is 6.60. The molecule has 0 aliphatic heterocycles. The van der Waals surface area contributed by atoms with E-state index in [9.17, 15) is 27.9 Å². The first-order chi connectivity index (χ1) is 14.7. The van der Waals surface area contributed by atoms with Gasteiger partial charge < -0.3 is 15.2 Å². The van der Waals surface area contributed by atoms with Gasteiger partial charge in [0.25, 0.3) is 5.91 Å². The van der Waals surface area contributed by atoms with Gasteiger partial charge in [0, 0.05) is 6.42 Å². The lowest BCUT2D eigenvalue weighted by Crippen LogP contribution is -2.45. The van der Waals surface area contributed by atoms with Crippen LogP contribution in [0, 0.1) is 0 Å². The third kappa shape index (κ3) is 5.40. The van der Waals surface area contributed by atoms with Crippen LogP contribution in [0.5, 0.6) is 0 Å². The first kappa shape index (κ1) is 22.3. The molecule has 0 unspecified atom stereocenters. The molecule has 1 amide bonds. The molecule has 0 fully saturated rings. The number of carbonyl (C=O) groups excluding carboxylic acids is 2. The van der Waals surface area contributed by atoms with Crippen LogP contribution in [0.3, 0.4) is 0 Å². The van der Waals surface area contributed by atoms with E-state index in [2.05, 4.69) is 5.32 Å². The highest BCUT2D eigenvalue weighted by Crippen LogP contribution is 2.30. The molecule has 0 saturated heterocycles. The van der Waals surface area contributed by atoms with E-state index in [1.165, 1.54) is 7.11 Å². The number of esters is 1. The summed E-state index contributed by atoms with van der Waals surface area (Å²) in [6.45, 7) is 0. The Morgan fingerprint density at radius 1 is 1.00 bits per heavy atom. The highest BCUT2D eigenvalue weighted by molar-refractivity contribution is 5.88. The van der Waals surface area contributed by atoms with Crippen LogP contribution in [0.1, 0.15) is 22.8 Å². The zero-order chi connectivity index (χ0) is 22.6. The van der Waals surface area contributed by atoms with E-state index in [0.29, 0.717) is 0 Å². The predicted molar refractivity (Wildman–Crippen MR) is 108 cm³/mol. The fraction of sp³-hybridized carbons (Fsp3) is 0.217. The Hall–Kier alpha value is -3.39. The van der Waals surface area contributed by atoms with Crippen LogP contribution in [0.25, 0.3) is 10.8 Å². The lowest BCUT2D eigenvalue weighted by atomic mass is 10.0. The molecule has 0 saturated carbocycles. The second kappa shape index (κ2) is 9.18. The van der Waals surface area contributed by atoms with Crippen molar-refractivity contribution in [3.05, 3.63) is 83.4 Å². The summed E-state index contributed by atoms with van der Waals surface area (Å²) >= 11 is 0. The lowest BCUT2D eigenvalue weighted by molar-refractivity contribution is -0.146. The van der Waals surface area contributed by atoms with Crippen LogP contribution < -0.4 is 5.32 Å². The average molecular weight is 431 g/mol. The third-order valence-electron chi connectivity index (χ3n) is 4.86. The number of ether oxygens (including phenoxy) is 1. The molecular formula is C23H20F3NO4. The van der Waals surface area contributed by atoms with Crippen molar-refractivity contribution >= 4 is 22.6 Å². The Morgan fingerprint density at radius 2 is 1.65 bits per heavy atom. The Labute approximate surface area is 176 Å². The number of fused-ring (bicyclic) bond motifs is 1. The van der Waals surface area contributed by atoms with Crippen molar-refractivity contribution in [2.45, 2.75) is 24.7 Å². The van der Waals surface area contributed by atoms with E-state index in [1.807, 2.05) is 42.5 Å². The fourth-order valence-corrected chi connectivity index (χ4v) is 3.19. The molecule has 0 spiro atoms. The van der Waals surface area contributed by atoms with E-state index >= 15 is 0 Å². The number of nitrogens with one attached hydrogen (secondary N) is 1. The Morgan fingerprint density at radius 3 is 2.26 bits per heavy atom. The molecular weight excluding hydrogens is 411 g/mol. The maximum Gasteiger partial charge on any atom is 0.416 e. The lowest BCUT2D eigenvalue weighted by Gasteiger charge is -2.19. The number of hydrogen-bond acceptors (Lipinski definition) is 4. The van der Waals surface area contributed by atoms with Gasteiger partial charge in [-0.3, -0.25) is 4.79 Å². The van der Waals surface area contributed by atoms with E-state index < -0.39 is 35.8 Å². The molecule has 162 valence electrons. The van der Waals surface area contributed by atoms with Gasteiger partial charge in [-0.15, -0.1) is 0 Å². The molecule has 0 aliphatic rings. The molecule has 2 N–H and O–H groups in total. The SMILES string of the molecule is COC(=O)[C@@H](Cc1ccc2ccccc2c1)NC(=O)[C@H](O)c1ccc(C(F)(F)F)cc1. The molecule has 3 aromatic rings. The van der Waals surface area contributed by atoms with Crippen molar-refractivity contribution in [3.8, 4) is 0 Å². The molecule has 5 nitrogen and oxygen atoms in total. The molecule has 8 heteroatoms. The molecule has 3 aromatic carbocycles. The van der Waals surface area contributed by atoms with Crippen LogP contribution >= 0.6 is 0 Å². The van der Waals surface area contributed by atoms with Gasteiger partial charge in [0.2, 0.25) is 0 Å². The Balaban J connectivity index is 1.75. The van der Waals surface area contributed by atoms with E-state index in [4.69, 9.17) is 4.74 Å². The second-order valence-electron chi connectivity index (χ2n) is 6.99. The van der Waals surface area contributed by atoms with Crippen LogP contribution in [-0.4, -0.2) is 30.1 Å². The standard InChI is InChI=1S/C23H20F3NO4/c1-31-22(30)19(13-14-6-7-15-4-2-3-5-17(15)12-14)27-21(29)20(28)16-8-10-18(11-9-16)23(24,25)26/h2-12,19-20,28H,13H2,1H3,(H,27,29)/t19-,20-/m1/s1. The summed E-state index contributed by atoms with van der Waals surface area (Å²) in [4.78, 5) is 24.7. The summed E-state index contributed by atoms with van der Waals surface area (Å²) in [6, 6.07) is 15.7. The summed E-state index contributed by atoms with van der Waals surface area (Å²) in [5.74, 6) is -1.63. The molecule has 3 rings (SSSR count). The van der Waals surface area contributed by atoms with Gasteiger partial charge in [-0.05, 0) is 34.0 Å². The zero-order valence-corrected chi connectivity index (χ0v) is 16.5. The van der Waals surface area contributed by atoms with Crippen molar-refractivity contribution in [3.63, 3.8) is 0 Å². The van der Waals surface area contributed by atoms with Gasteiger partial charge in [-0.1, -0.05) is 54.6 Å². The van der Waals surface area contributed by atoms with Gasteiger partial charge in [0.15, 0.2) is 6.10 Å². The second-order valence-corrected chi connectivity index (χ2v) is 6.99. The number of alkyl halides is 3. The van der Waals surface area contributed by atoms with Crippen molar-refractivity contribution in [1.29, 1.82) is 0 Å². The van der Waals surface area contributed by atoms with Crippen molar-refractivity contribution in [2.75, 3.05) is 7.11 Å². The van der Waals surface area contributed by atoms with Gasteiger partial charge in [-0.25, -0.2) is 4.79 Å². The van der Waals surface area contributed by atoms with E-state index in [-0.39, 0.29) is 12.0 Å². The van der Waals surface area contributed by atoms with Crippen LogP contribution in [0.15, 0.2) is 66.7 Å². The number of amides is 1. The highest BCUT2D eigenvalue weighted by Gasteiger charge is 2.31. The molecule has 0 bridgehead atoms. The number of benzene rings is 3. The zero-order valence-electron chi connectivity index (χ0n) is 16.5. The van der Waals surface area contributed by atoms with Gasteiger partial charge in [0.05, 0.1) is 12.7 Å². The number of rotatable bonds is 6. The summed E-state index contributed by atoms with van der Waals surface area (Å²) < 4.78 is 42.8. The average Bonchev–Trinajstić information content (AvgIpc) is 2.77. The fourth-order valence-electron chi connectivity index (χ4n) is 3.19. The first-order valence-electron chi connectivity index (χ1n) is 9.40. The number of aliphatic hydroxyl groups excluding tert-OH is 1. The smallest absolute Gasteiger partial charge is 0.416 e. The largest absolute Gasteiger partial charge is 0.467 e. The number of methoxy groups -OCH3 is 1. The van der Waals surface area contributed by atoms with E-state index in [0.717, 1.165) is 40.6 Å². The van der Waals surface area contributed by atoms with Crippen LogP contribution in [0.4, 0.5) is 13.2 Å². The van der Waals surface area contributed by atoms with Crippen molar-refractivity contribution < 1.29 is 32.6 Å². The van der Waals surface area contributed by atoms with Gasteiger partial charge in [0.1, 0.15) is 6.04 Å². The summed E-state index contributed by atoms with van der Waals surface area (Å²) in [6.07, 6.45) is -6.16. The quantitative estimate of drug-likeness (QED) is 0.583. The summed E-state index contributed by atoms with van der Waals surface area (Å²) in [5, 5.41) is 14.6. The predicted octanol–water partition coefficient (Wildman–Crippen LogP) is 3.79. The maximum atomic E-state index is 12.7. The third-order valence-corrected chi connectivity index (χ3v) is 4.86. The van der Waals surface area contributed by atoms with Crippen molar-refractivity contribution in [1.82, 2.24) is 5.32 Å². The minimum Gasteiger partial charge on any atom is -0.467 e. The summed E-state index contributed by atoms with van der Waals surface area (Å²) in [7, 11) is 1.17. The maximum absolute atomic E-state index is 12.7. The summed E-state index contributed by atoms with van der Waals surface area (Å²) in [5.41, 5.74) is -0.161. The molecule has 0 aliphatic carbocycles. The van der Waals surface area contributed by atoms with Gasteiger partial charge >= 0.3 is 12.1 Å². The number of carbonyl (C=O) groups is 2. The number of halogens is 3. The number of hydrogen-bond donors (Lipinski definition) is 2. The molecule has 31 heavy (non-hydrogen) atoms. The topological polar surface area (TPSA) is 75.6 Å². The molecule has 0 radical (unpaired) electrons. The molecule has 2 atom stereocenters. The van der Waals surface area contributed by atoms with Crippen molar-refractivity contribution in [2.24, 2.45) is 0 Å². The normalized spacial score (nSPS) is 13.5. The first-order valence-corrected chi connectivity index (χ1v) is 9.40. The molecule has 0 heterocycles. The minimum atomic E-state index is -4.53. The van der Waals surface area contributed by atoms with E-state index in [1.54, 1.807) is 0 Å². The van der Waals surface area contributed by atoms with Crippen LogP contribution in [-0.2, 0) is 26.9 Å².